The molecule has 0 bridgehead atoms. The summed E-state index contributed by atoms with van der Waals surface area (Å²) in [5, 5.41) is 3.74. The highest BCUT2D eigenvalue weighted by molar-refractivity contribution is 7.85. The Balaban J connectivity index is 1.21. The molecule has 2 aliphatic heterocycles. The molecular formula is C28H29ClN4O3S. The summed E-state index contributed by atoms with van der Waals surface area (Å²) >= 11 is 6.13. The second kappa shape index (κ2) is 11.0. The van der Waals surface area contributed by atoms with E-state index in [9.17, 15) is 13.8 Å². The first kappa shape index (κ1) is 25.4. The molecule has 0 aliphatic carbocycles. The normalized spacial score (nSPS) is 17.7. The molecule has 2 amide bonds. The summed E-state index contributed by atoms with van der Waals surface area (Å²) in [5.74, 6) is -0.420. The SMILES string of the molecule is CCN1C(=O)c2ccccc2S(=O)c2ccc(C(=O)NCCN3CCN(c4cccc(Cl)c4)CC3)cc21. The molecule has 3 aromatic rings. The van der Waals surface area contributed by atoms with Crippen molar-refractivity contribution in [3.05, 3.63) is 82.9 Å². The summed E-state index contributed by atoms with van der Waals surface area (Å²) in [4.78, 5) is 33.5. The van der Waals surface area contributed by atoms with Gasteiger partial charge in [-0.1, -0.05) is 29.8 Å². The molecule has 1 unspecified atom stereocenters. The summed E-state index contributed by atoms with van der Waals surface area (Å²) in [6.45, 7) is 7.16. The number of fused-ring (bicyclic) bond motifs is 2. The number of carbonyl (C=O) groups is 2. The van der Waals surface area contributed by atoms with Gasteiger partial charge in [0.05, 0.1) is 31.8 Å². The molecule has 0 aromatic heterocycles. The summed E-state index contributed by atoms with van der Waals surface area (Å²) in [6.07, 6.45) is 0. The molecule has 192 valence electrons. The predicted octanol–water partition coefficient (Wildman–Crippen LogP) is 4.04. The number of nitrogens with zero attached hydrogens (tertiary/aromatic N) is 3. The van der Waals surface area contributed by atoms with E-state index < -0.39 is 10.8 Å². The fourth-order valence-corrected chi connectivity index (χ4v) is 6.38. The lowest BCUT2D eigenvalue weighted by atomic mass is 10.1. The van der Waals surface area contributed by atoms with E-state index in [4.69, 9.17) is 11.6 Å². The molecule has 0 spiro atoms. The molecule has 37 heavy (non-hydrogen) atoms. The van der Waals surface area contributed by atoms with Gasteiger partial charge in [-0.2, -0.15) is 0 Å². The van der Waals surface area contributed by atoms with Crippen molar-refractivity contribution in [1.82, 2.24) is 10.2 Å². The van der Waals surface area contributed by atoms with E-state index in [-0.39, 0.29) is 11.8 Å². The van der Waals surface area contributed by atoms with E-state index in [1.165, 1.54) is 0 Å². The minimum absolute atomic E-state index is 0.209. The quantitative estimate of drug-likeness (QED) is 0.515. The monoisotopic (exact) mass is 536 g/mol. The largest absolute Gasteiger partial charge is 0.369 e. The second-order valence-corrected chi connectivity index (χ2v) is 10.9. The van der Waals surface area contributed by atoms with Gasteiger partial charge in [0.1, 0.15) is 0 Å². The van der Waals surface area contributed by atoms with Crippen LogP contribution in [0.25, 0.3) is 0 Å². The number of hydrogen-bond acceptors (Lipinski definition) is 5. The molecule has 7 nitrogen and oxygen atoms in total. The number of piperazine rings is 1. The maximum atomic E-state index is 13.3. The Morgan fingerprint density at radius 2 is 1.76 bits per heavy atom. The van der Waals surface area contributed by atoms with Gasteiger partial charge in [-0.25, -0.2) is 4.21 Å². The van der Waals surface area contributed by atoms with Crippen molar-refractivity contribution in [1.29, 1.82) is 0 Å². The van der Waals surface area contributed by atoms with Gasteiger partial charge in [-0.3, -0.25) is 14.5 Å². The lowest BCUT2D eigenvalue weighted by Gasteiger charge is -2.36. The van der Waals surface area contributed by atoms with Gasteiger partial charge in [0.2, 0.25) is 0 Å². The molecule has 1 atom stereocenters. The molecule has 2 aliphatic rings. The number of nitrogens with one attached hydrogen (secondary N) is 1. The zero-order valence-corrected chi connectivity index (χ0v) is 22.2. The Morgan fingerprint density at radius 3 is 2.51 bits per heavy atom. The molecule has 5 rings (SSSR count). The van der Waals surface area contributed by atoms with Crippen LogP contribution < -0.4 is 15.1 Å². The molecule has 1 N–H and O–H groups in total. The molecule has 1 fully saturated rings. The van der Waals surface area contributed by atoms with Crippen molar-refractivity contribution >= 4 is 45.6 Å². The topological polar surface area (TPSA) is 73.0 Å². The van der Waals surface area contributed by atoms with Crippen LogP contribution in [-0.2, 0) is 10.8 Å². The number of hydrogen-bond donors (Lipinski definition) is 1. The van der Waals surface area contributed by atoms with Gasteiger partial charge in [-0.15, -0.1) is 0 Å². The lowest BCUT2D eigenvalue weighted by Crippen LogP contribution is -2.48. The third-order valence-electron chi connectivity index (χ3n) is 6.85. The molecule has 0 saturated carbocycles. The van der Waals surface area contributed by atoms with Crippen LogP contribution in [0, 0.1) is 0 Å². The maximum Gasteiger partial charge on any atom is 0.259 e. The first-order valence-corrected chi connectivity index (χ1v) is 14.0. The van der Waals surface area contributed by atoms with Crippen LogP contribution in [0.15, 0.2) is 76.5 Å². The van der Waals surface area contributed by atoms with Crippen molar-refractivity contribution < 1.29 is 13.8 Å². The van der Waals surface area contributed by atoms with Crippen molar-refractivity contribution in [3.63, 3.8) is 0 Å². The maximum absolute atomic E-state index is 13.3. The average Bonchev–Trinajstić information content (AvgIpc) is 3.01. The highest BCUT2D eigenvalue weighted by atomic mass is 35.5. The third-order valence-corrected chi connectivity index (χ3v) is 8.58. The Hall–Kier alpha value is -3.20. The lowest BCUT2D eigenvalue weighted by molar-refractivity contribution is 0.0944. The van der Waals surface area contributed by atoms with Gasteiger partial charge in [0.25, 0.3) is 11.8 Å². The van der Waals surface area contributed by atoms with Gasteiger partial charge < -0.3 is 15.1 Å². The Bertz CT molecular complexity index is 1360. The first-order valence-electron chi connectivity index (χ1n) is 12.4. The van der Waals surface area contributed by atoms with Crippen molar-refractivity contribution in [2.75, 3.05) is 55.6 Å². The van der Waals surface area contributed by atoms with Crippen LogP contribution in [0.5, 0.6) is 0 Å². The molecule has 3 aromatic carbocycles. The van der Waals surface area contributed by atoms with E-state index in [0.29, 0.717) is 39.7 Å². The van der Waals surface area contributed by atoms with Crippen molar-refractivity contribution in [2.45, 2.75) is 16.7 Å². The van der Waals surface area contributed by atoms with Crippen LogP contribution >= 0.6 is 11.6 Å². The Labute approximate surface area is 224 Å². The molecular weight excluding hydrogens is 508 g/mol. The highest BCUT2D eigenvalue weighted by Gasteiger charge is 2.30. The average molecular weight is 537 g/mol. The smallest absolute Gasteiger partial charge is 0.259 e. The summed E-state index contributed by atoms with van der Waals surface area (Å²) in [5.41, 5.74) is 2.53. The summed E-state index contributed by atoms with van der Waals surface area (Å²) in [7, 11) is -1.51. The fourth-order valence-electron chi connectivity index (χ4n) is 4.85. The minimum Gasteiger partial charge on any atom is -0.369 e. The number of anilines is 2. The van der Waals surface area contributed by atoms with Crippen LogP contribution in [0.2, 0.25) is 5.02 Å². The van der Waals surface area contributed by atoms with Crippen LogP contribution in [0.3, 0.4) is 0 Å². The number of rotatable bonds is 6. The summed E-state index contributed by atoms with van der Waals surface area (Å²) in [6, 6.07) is 19.9. The predicted molar refractivity (Wildman–Crippen MR) is 147 cm³/mol. The van der Waals surface area contributed by atoms with E-state index in [2.05, 4.69) is 21.2 Å². The Kier molecular flexibility index (Phi) is 7.60. The van der Waals surface area contributed by atoms with Gasteiger partial charge in [0.15, 0.2) is 0 Å². The minimum atomic E-state index is -1.51. The van der Waals surface area contributed by atoms with E-state index >= 15 is 0 Å². The highest BCUT2D eigenvalue weighted by Crippen LogP contribution is 2.35. The fraction of sp³-hybridized carbons (Fsp3) is 0.286. The van der Waals surface area contributed by atoms with Crippen molar-refractivity contribution in [2.24, 2.45) is 0 Å². The zero-order valence-electron chi connectivity index (χ0n) is 20.7. The van der Waals surface area contributed by atoms with Crippen LogP contribution in [0.1, 0.15) is 27.6 Å². The molecule has 9 heteroatoms. The Morgan fingerprint density at radius 1 is 0.973 bits per heavy atom. The number of halogens is 1. The van der Waals surface area contributed by atoms with E-state index in [1.54, 1.807) is 47.4 Å². The number of benzene rings is 3. The molecule has 0 radical (unpaired) electrons. The van der Waals surface area contributed by atoms with E-state index in [1.807, 2.05) is 25.1 Å². The summed E-state index contributed by atoms with van der Waals surface area (Å²) < 4.78 is 13.3. The van der Waals surface area contributed by atoms with Crippen molar-refractivity contribution in [3.8, 4) is 0 Å². The van der Waals surface area contributed by atoms with E-state index in [0.717, 1.165) is 43.4 Å². The van der Waals surface area contributed by atoms with Gasteiger partial charge in [-0.05, 0) is 55.5 Å². The van der Waals surface area contributed by atoms with Crippen LogP contribution in [-0.4, -0.2) is 66.7 Å². The second-order valence-electron chi connectivity index (χ2n) is 9.06. The van der Waals surface area contributed by atoms with Crippen LogP contribution in [0.4, 0.5) is 11.4 Å². The molecule has 2 heterocycles. The van der Waals surface area contributed by atoms with Gasteiger partial charge in [0, 0.05) is 62.1 Å². The molecule has 1 saturated heterocycles. The number of amides is 2. The standard InChI is InChI=1S/C28H29ClN4O3S/c1-2-33-24-18-20(10-11-26(24)37(36)25-9-4-3-8-23(25)28(33)35)27(34)30-12-13-31-14-16-32(17-15-31)22-7-5-6-21(29)19-22/h3-11,18-19H,2,12-17H2,1H3,(H,30,34). The zero-order chi connectivity index (χ0) is 25.9. The third kappa shape index (κ3) is 5.28. The van der Waals surface area contributed by atoms with Gasteiger partial charge >= 0.3 is 0 Å². The first-order chi connectivity index (χ1) is 18.0. The number of carbonyl (C=O) groups excluding carboxylic acids is 2.